The van der Waals surface area contributed by atoms with Crippen LogP contribution in [0.2, 0.25) is 10.0 Å². The van der Waals surface area contributed by atoms with Crippen LogP contribution in [-0.4, -0.2) is 19.3 Å². The van der Waals surface area contributed by atoms with Crippen LogP contribution in [-0.2, 0) is 10.0 Å². The number of carbonyl (C=O) groups is 1. The molecule has 10 heteroatoms. The Balaban J connectivity index is 1.62. The molecule has 0 aliphatic rings. The first-order valence-electron chi connectivity index (χ1n) is 8.58. The van der Waals surface area contributed by atoms with Crippen LogP contribution in [0.5, 0.6) is 0 Å². The van der Waals surface area contributed by atoms with Gasteiger partial charge in [0, 0.05) is 0 Å². The summed E-state index contributed by atoms with van der Waals surface area (Å²) >= 11 is 13.4. The van der Waals surface area contributed by atoms with Gasteiger partial charge in [0.25, 0.3) is 15.9 Å². The first kappa shape index (κ1) is 20.6. The van der Waals surface area contributed by atoms with Crippen molar-refractivity contribution in [1.82, 2.24) is 4.98 Å². The number of halogens is 2. The van der Waals surface area contributed by atoms with Crippen molar-refractivity contribution in [2.45, 2.75) is 4.90 Å². The summed E-state index contributed by atoms with van der Waals surface area (Å²) in [6.45, 7) is 0. The Morgan fingerprint density at radius 3 is 2.40 bits per heavy atom. The Morgan fingerprint density at radius 2 is 1.63 bits per heavy atom. The topological polar surface area (TPSA) is 88.2 Å². The fraction of sp³-hybridized carbons (Fsp3) is 0. The lowest BCUT2D eigenvalue weighted by atomic mass is 10.2. The Kier molecular flexibility index (Phi) is 5.66. The molecule has 1 aromatic heterocycles. The lowest BCUT2D eigenvalue weighted by Crippen LogP contribution is -2.18. The van der Waals surface area contributed by atoms with E-state index in [9.17, 15) is 13.2 Å². The maximum absolute atomic E-state index is 12.8. The third-order valence-electron chi connectivity index (χ3n) is 4.14. The molecule has 0 aliphatic heterocycles. The normalized spacial score (nSPS) is 11.4. The van der Waals surface area contributed by atoms with Crippen molar-refractivity contribution in [3.8, 4) is 0 Å². The number of hydrogen-bond donors (Lipinski definition) is 2. The molecule has 2 N–H and O–H groups in total. The molecule has 0 saturated heterocycles. The molecule has 30 heavy (non-hydrogen) atoms. The predicted molar refractivity (Wildman–Crippen MR) is 121 cm³/mol. The van der Waals surface area contributed by atoms with Crippen molar-refractivity contribution in [3.05, 3.63) is 82.3 Å². The molecular formula is C20H13Cl2N3O3S2. The molecule has 152 valence electrons. The largest absolute Gasteiger partial charge is 0.298 e. The van der Waals surface area contributed by atoms with Crippen molar-refractivity contribution in [3.63, 3.8) is 0 Å². The number of amides is 1. The summed E-state index contributed by atoms with van der Waals surface area (Å²) in [5, 5.41) is 3.69. The zero-order valence-corrected chi connectivity index (χ0v) is 18.2. The van der Waals surface area contributed by atoms with Crippen LogP contribution in [0, 0.1) is 0 Å². The molecule has 0 bridgehead atoms. The maximum atomic E-state index is 12.8. The summed E-state index contributed by atoms with van der Waals surface area (Å²) in [6, 6.07) is 17.7. The zero-order chi connectivity index (χ0) is 21.3. The Morgan fingerprint density at radius 1 is 0.933 bits per heavy atom. The molecule has 0 fully saturated rings. The average molecular weight is 478 g/mol. The van der Waals surface area contributed by atoms with Gasteiger partial charge >= 0.3 is 0 Å². The molecule has 0 saturated carbocycles. The van der Waals surface area contributed by atoms with Crippen LogP contribution >= 0.6 is 34.5 Å². The summed E-state index contributed by atoms with van der Waals surface area (Å²) in [5.41, 5.74) is 0.795. The van der Waals surface area contributed by atoms with Gasteiger partial charge in [0.05, 0.1) is 30.9 Å². The van der Waals surface area contributed by atoms with Crippen LogP contribution in [0.3, 0.4) is 0 Å². The van der Waals surface area contributed by atoms with Crippen molar-refractivity contribution in [2.75, 3.05) is 10.0 Å². The van der Waals surface area contributed by atoms with E-state index in [1.807, 2.05) is 0 Å². The van der Waals surface area contributed by atoms with E-state index < -0.39 is 15.9 Å². The molecular weight excluding hydrogens is 465 g/mol. The van der Waals surface area contributed by atoms with Crippen LogP contribution < -0.4 is 10.0 Å². The van der Waals surface area contributed by atoms with Crippen LogP contribution in [0.4, 0.5) is 10.8 Å². The molecule has 6 nitrogen and oxygen atoms in total. The summed E-state index contributed by atoms with van der Waals surface area (Å²) in [5.74, 6) is -0.511. The third-order valence-corrected chi connectivity index (χ3v) is 7.25. The van der Waals surface area contributed by atoms with Gasteiger partial charge in [-0.3, -0.25) is 14.8 Å². The Hall–Kier alpha value is -2.65. The van der Waals surface area contributed by atoms with E-state index in [-0.39, 0.29) is 16.1 Å². The van der Waals surface area contributed by atoms with Crippen LogP contribution in [0.15, 0.2) is 71.6 Å². The smallest absolute Gasteiger partial charge is 0.261 e. The van der Waals surface area contributed by atoms with Crippen molar-refractivity contribution in [1.29, 1.82) is 0 Å². The lowest BCUT2D eigenvalue weighted by molar-refractivity contribution is 0.102. The lowest BCUT2D eigenvalue weighted by Gasteiger charge is -2.12. The van der Waals surface area contributed by atoms with E-state index in [0.29, 0.717) is 20.7 Å². The standard InChI is InChI=1S/C20H13Cl2N3O3S2/c21-14-10-11-16-18(17(14)22)23-20(29-16)24-19(26)13-8-4-5-9-15(13)25-30(27,28)12-6-2-1-3-7-12/h1-11,25H,(H,23,24,26). The highest BCUT2D eigenvalue weighted by Crippen LogP contribution is 2.35. The molecule has 1 amide bonds. The molecule has 0 aliphatic carbocycles. The predicted octanol–water partition coefficient (Wildman–Crippen LogP) is 5.66. The second-order valence-electron chi connectivity index (χ2n) is 6.15. The number of para-hydroxylation sites is 1. The monoisotopic (exact) mass is 477 g/mol. The van der Waals surface area contributed by atoms with Crippen molar-refractivity contribution < 1.29 is 13.2 Å². The highest BCUT2D eigenvalue weighted by Gasteiger charge is 2.19. The van der Waals surface area contributed by atoms with Crippen molar-refractivity contribution in [2.24, 2.45) is 0 Å². The minimum Gasteiger partial charge on any atom is -0.298 e. The van der Waals surface area contributed by atoms with E-state index in [0.717, 1.165) is 4.70 Å². The Labute approximate surface area is 186 Å². The number of sulfonamides is 1. The summed E-state index contributed by atoms with van der Waals surface area (Å²) in [7, 11) is -3.85. The molecule has 0 atom stereocenters. The molecule has 0 unspecified atom stereocenters. The number of hydrogen-bond acceptors (Lipinski definition) is 5. The van der Waals surface area contributed by atoms with Gasteiger partial charge in [0.15, 0.2) is 5.13 Å². The SMILES string of the molecule is O=C(Nc1nc2c(Cl)c(Cl)ccc2s1)c1ccccc1NS(=O)(=O)c1ccccc1. The first-order chi connectivity index (χ1) is 14.3. The molecule has 3 aromatic carbocycles. The number of benzene rings is 3. The third kappa shape index (κ3) is 4.13. The van der Waals surface area contributed by atoms with Gasteiger partial charge in [-0.2, -0.15) is 0 Å². The summed E-state index contributed by atoms with van der Waals surface area (Å²) < 4.78 is 28.5. The van der Waals surface area contributed by atoms with Gasteiger partial charge in [0.2, 0.25) is 0 Å². The van der Waals surface area contributed by atoms with Gasteiger partial charge < -0.3 is 0 Å². The van der Waals surface area contributed by atoms with E-state index in [2.05, 4.69) is 15.0 Å². The second-order valence-corrected chi connectivity index (χ2v) is 9.64. The number of rotatable bonds is 5. The zero-order valence-electron chi connectivity index (χ0n) is 15.1. The number of anilines is 2. The molecule has 4 rings (SSSR count). The van der Waals surface area contributed by atoms with Gasteiger partial charge in [-0.1, -0.05) is 64.9 Å². The van der Waals surface area contributed by atoms with E-state index in [1.165, 1.54) is 35.6 Å². The molecule has 4 aromatic rings. The van der Waals surface area contributed by atoms with Gasteiger partial charge in [0.1, 0.15) is 5.52 Å². The highest BCUT2D eigenvalue weighted by atomic mass is 35.5. The minimum absolute atomic E-state index is 0.0953. The van der Waals surface area contributed by atoms with Crippen LogP contribution in [0.1, 0.15) is 10.4 Å². The molecule has 0 radical (unpaired) electrons. The minimum atomic E-state index is -3.85. The fourth-order valence-electron chi connectivity index (χ4n) is 2.73. The van der Waals surface area contributed by atoms with E-state index in [1.54, 1.807) is 42.5 Å². The van der Waals surface area contributed by atoms with Gasteiger partial charge in [-0.25, -0.2) is 13.4 Å². The second kappa shape index (κ2) is 8.23. The average Bonchev–Trinajstić information content (AvgIpc) is 3.15. The number of fused-ring (bicyclic) bond motifs is 1. The number of nitrogens with one attached hydrogen (secondary N) is 2. The summed E-state index contributed by atoms with van der Waals surface area (Å²) in [4.78, 5) is 17.3. The van der Waals surface area contributed by atoms with Gasteiger partial charge in [-0.05, 0) is 36.4 Å². The van der Waals surface area contributed by atoms with Gasteiger partial charge in [-0.15, -0.1) is 0 Å². The molecule has 1 heterocycles. The van der Waals surface area contributed by atoms with E-state index >= 15 is 0 Å². The highest BCUT2D eigenvalue weighted by molar-refractivity contribution is 7.92. The Bertz CT molecular complexity index is 1360. The van der Waals surface area contributed by atoms with E-state index in [4.69, 9.17) is 23.2 Å². The number of carbonyl (C=O) groups excluding carboxylic acids is 1. The number of nitrogens with zero attached hydrogens (tertiary/aromatic N) is 1. The number of aromatic nitrogens is 1. The van der Waals surface area contributed by atoms with Crippen molar-refractivity contribution >= 4 is 71.5 Å². The number of thiazole rings is 1. The maximum Gasteiger partial charge on any atom is 0.261 e. The summed E-state index contributed by atoms with van der Waals surface area (Å²) in [6.07, 6.45) is 0. The quantitative estimate of drug-likeness (QED) is 0.388. The first-order valence-corrected chi connectivity index (χ1v) is 11.6. The fourth-order valence-corrected chi connectivity index (χ4v) is 5.11. The van der Waals surface area contributed by atoms with Crippen LogP contribution in [0.25, 0.3) is 10.2 Å². The molecule has 0 spiro atoms.